The molecule has 17 heavy (non-hydrogen) atoms. The molecule has 0 bridgehead atoms. The second kappa shape index (κ2) is 5.95. The van der Waals surface area contributed by atoms with Crippen LogP contribution in [0.2, 0.25) is 0 Å². The summed E-state index contributed by atoms with van der Waals surface area (Å²) in [4.78, 5) is 0. The fraction of sp³-hybridized carbons (Fsp3) is 1.00. The van der Waals surface area contributed by atoms with E-state index in [0.717, 1.165) is 25.9 Å². The lowest BCUT2D eigenvalue weighted by molar-refractivity contribution is -0.175. The van der Waals surface area contributed by atoms with Gasteiger partial charge in [0.15, 0.2) is 0 Å². The number of nitrogens with two attached hydrogens (primary N) is 1. The van der Waals surface area contributed by atoms with E-state index in [1.807, 2.05) is 0 Å². The van der Waals surface area contributed by atoms with Crippen molar-refractivity contribution in [1.29, 1.82) is 0 Å². The first-order chi connectivity index (χ1) is 6.94. The van der Waals surface area contributed by atoms with Crippen molar-refractivity contribution >= 4 is 24.8 Å². The third-order valence-electron chi connectivity index (χ3n) is 4.04. The highest BCUT2D eigenvalue weighted by Gasteiger charge is 2.54. The Labute approximate surface area is 112 Å². The number of alkyl halides is 3. The molecular weight excluding hydrogens is 276 g/mol. The van der Waals surface area contributed by atoms with Crippen LogP contribution in [0.3, 0.4) is 0 Å². The number of hydrogen-bond donors (Lipinski definition) is 2. The molecular formula is C10H19Cl2F3N2. The van der Waals surface area contributed by atoms with Crippen molar-refractivity contribution in [2.75, 3.05) is 13.1 Å². The van der Waals surface area contributed by atoms with Gasteiger partial charge in [0.25, 0.3) is 0 Å². The first-order valence-corrected chi connectivity index (χ1v) is 5.47. The standard InChI is InChI=1S/C10H17F3N2.2ClH/c11-10(12,13)7-5-8(14)9(6-7)1-3-15-4-2-9;;/h7-8,15H,1-6,14H2;2*1H/t7-,8+;;/m1../s1. The van der Waals surface area contributed by atoms with Gasteiger partial charge in [-0.25, -0.2) is 0 Å². The molecule has 3 N–H and O–H groups in total. The molecule has 0 radical (unpaired) electrons. The summed E-state index contributed by atoms with van der Waals surface area (Å²) in [5.41, 5.74) is 5.66. The van der Waals surface area contributed by atoms with Crippen LogP contribution < -0.4 is 11.1 Å². The summed E-state index contributed by atoms with van der Waals surface area (Å²) >= 11 is 0. The zero-order chi connectivity index (χ0) is 11.1. The maximum absolute atomic E-state index is 12.6. The molecule has 0 aromatic heterocycles. The maximum atomic E-state index is 12.6. The molecule has 2 rings (SSSR count). The average molecular weight is 295 g/mol. The van der Waals surface area contributed by atoms with E-state index < -0.39 is 12.1 Å². The van der Waals surface area contributed by atoms with Crippen LogP contribution in [0.15, 0.2) is 0 Å². The van der Waals surface area contributed by atoms with E-state index in [-0.39, 0.29) is 49.1 Å². The predicted molar refractivity (Wildman–Crippen MR) is 65.8 cm³/mol. The summed E-state index contributed by atoms with van der Waals surface area (Å²) in [6.07, 6.45) is -2.13. The first kappa shape index (κ1) is 17.3. The molecule has 1 aliphatic heterocycles. The zero-order valence-corrected chi connectivity index (χ0v) is 11.1. The third kappa shape index (κ3) is 3.40. The van der Waals surface area contributed by atoms with Gasteiger partial charge in [-0.2, -0.15) is 13.2 Å². The van der Waals surface area contributed by atoms with Crippen molar-refractivity contribution in [2.24, 2.45) is 17.1 Å². The van der Waals surface area contributed by atoms with E-state index in [0.29, 0.717) is 0 Å². The SMILES string of the molecule is Cl.Cl.N[C@H]1C[C@@H](C(F)(F)F)CC12CCNCC2. The van der Waals surface area contributed by atoms with Crippen LogP contribution in [0.5, 0.6) is 0 Å². The van der Waals surface area contributed by atoms with Gasteiger partial charge in [-0.3, -0.25) is 0 Å². The Bertz CT molecular complexity index is 242. The molecule has 1 spiro atoms. The smallest absolute Gasteiger partial charge is 0.327 e. The van der Waals surface area contributed by atoms with Crippen LogP contribution in [-0.4, -0.2) is 25.3 Å². The fourth-order valence-electron chi connectivity index (χ4n) is 3.03. The van der Waals surface area contributed by atoms with Crippen molar-refractivity contribution in [1.82, 2.24) is 5.32 Å². The number of nitrogens with one attached hydrogen (secondary N) is 1. The number of piperidine rings is 1. The van der Waals surface area contributed by atoms with Gasteiger partial charge in [-0.05, 0) is 44.2 Å². The van der Waals surface area contributed by atoms with Crippen molar-refractivity contribution in [2.45, 2.75) is 37.9 Å². The Hall–Kier alpha value is 0.290. The Morgan fingerprint density at radius 2 is 1.65 bits per heavy atom. The van der Waals surface area contributed by atoms with Crippen LogP contribution in [-0.2, 0) is 0 Å². The second-order valence-electron chi connectivity index (χ2n) is 4.90. The minimum atomic E-state index is -4.06. The highest BCUT2D eigenvalue weighted by Crippen LogP contribution is 2.51. The lowest BCUT2D eigenvalue weighted by Gasteiger charge is -2.37. The van der Waals surface area contributed by atoms with Crippen LogP contribution in [0.25, 0.3) is 0 Å². The van der Waals surface area contributed by atoms with E-state index in [1.54, 1.807) is 0 Å². The van der Waals surface area contributed by atoms with Gasteiger partial charge in [0.2, 0.25) is 0 Å². The molecule has 7 heteroatoms. The molecule has 0 aromatic carbocycles. The van der Waals surface area contributed by atoms with Crippen LogP contribution in [0.4, 0.5) is 13.2 Å². The van der Waals surface area contributed by atoms with E-state index in [9.17, 15) is 13.2 Å². The van der Waals surface area contributed by atoms with Crippen molar-refractivity contribution in [3.8, 4) is 0 Å². The molecule has 1 saturated heterocycles. The quantitative estimate of drug-likeness (QED) is 0.720. The normalized spacial score (nSPS) is 31.8. The highest BCUT2D eigenvalue weighted by atomic mass is 35.5. The van der Waals surface area contributed by atoms with Gasteiger partial charge in [0, 0.05) is 6.04 Å². The summed E-state index contributed by atoms with van der Waals surface area (Å²) < 4.78 is 37.8. The monoisotopic (exact) mass is 294 g/mol. The largest absolute Gasteiger partial charge is 0.391 e. The summed E-state index contributed by atoms with van der Waals surface area (Å²) in [5, 5.41) is 3.17. The Morgan fingerprint density at radius 1 is 1.12 bits per heavy atom. The molecule has 0 amide bonds. The van der Waals surface area contributed by atoms with Crippen LogP contribution in [0.1, 0.15) is 25.7 Å². The van der Waals surface area contributed by atoms with Crippen molar-refractivity contribution < 1.29 is 13.2 Å². The van der Waals surface area contributed by atoms with E-state index in [1.165, 1.54) is 0 Å². The Morgan fingerprint density at radius 3 is 2.06 bits per heavy atom. The molecule has 2 aliphatic rings. The summed E-state index contributed by atoms with van der Waals surface area (Å²) in [6, 6.07) is -0.272. The van der Waals surface area contributed by atoms with E-state index in [2.05, 4.69) is 5.32 Å². The van der Waals surface area contributed by atoms with Gasteiger partial charge >= 0.3 is 6.18 Å². The molecule has 1 aliphatic carbocycles. The van der Waals surface area contributed by atoms with Gasteiger partial charge in [-0.1, -0.05) is 0 Å². The minimum absolute atomic E-state index is 0. The highest BCUT2D eigenvalue weighted by molar-refractivity contribution is 5.85. The lowest BCUT2D eigenvalue weighted by Crippen LogP contribution is -2.45. The molecule has 2 atom stereocenters. The van der Waals surface area contributed by atoms with Gasteiger partial charge < -0.3 is 11.1 Å². The maximum Gasteiger partial charge on any atom is 0.391 e. The van der Waals surface area contributed by atoms with E-state index >= 15 is 0 Å². The second-order valence-corrected chi connectivity index (χ2v) is 4.90. The van der Waals surface area contributed by atoms with Crippen molar-refractivity contribution in [3.05, 3.63) is 0 Å². The van der Waals surface area contributed by atoms with Gasteiger partial charge in [0.05, 0.1) is 5.92 Å². The molecule has 2 fully saturated rings. The Balaban J connectivity index is 0.00000128. The van der Waals surface area contributed by atoms with Crippen LogP contribution >= 0.6 is 24.8 Å². The van der Waals surface area contributed by atoms with Crippen molar-refractivity contribution in [3.63, 3.8) is 0 Å². The molecule has 2 nitrogen and oxygen atoms in total. The zero-order valence-electron chi connectivity index (χ0n) is 9.43. The van der Waals surface area contributed by atoms with E-state index in [4.69, 9.17) is 5.73 Å². The number of hydrogen-bond acceptors (Lipinski definition) is 2. The van der Waals surface area contributed by atoms with Gasteiger partial charge in [-0.15, -0.1) is 24.8 Å². The number of rotatable bonds is 0. The Kier molecular flexibility index (Phi) is 6.06. The predicted octanol–water partition coefficient (Wildman–Crippen LogP) is 2.50. The molecule has 1 saturated carbocycles. The van der Waals surface area contributed by atoms with Crippen LogP contribution in [0, 0.1) is 11.3 Å². The summed E-state index contributed by atoms with van der Waals surface area (Å²) in [7, 11) is 0. The minimum Gasteiger partial charge on any atom is -0.327 e. The lowest BCUT2D eigenvalue weighted by atomic mass is 9.74. The first-order valence-electron chi connectivity index (χ1n) is 5.47. The molecule has 1 heterocycles. The third-order valence-corrected chi connectivity index (χ3v) is 4.04. The topological polar surface area (TPSA) is 38.0 Å². The number of halogens is 5. The fourth-order valence-corrected chi connectivity index (χ4v) is 3.03. The molecule has 0 unspecified atom stereocenters. The molecule has 0 aromatic rings. The summed E-state index contributed by atoms with van der Waals surface area (Å²) in [6.45, 7) is 1.61. The van der Waals surface area contributed by atoms with Gasteiger partial charge in [0.1, 0.15) is 0 Å². The molecule has 104 valence electrons. The average Bonchev–Trinajstić information content (AvgIpc) is 2.45. The summed E-state index contributed by atoms with van der Waals surface area (Å²) in [5.74, 6) is -1.18.